The summed E-state index contributed by atoms with van der Waals surface area (Å²) < 4.78 is 16.0. The van der Waals surface area contributed by atoms with Crippen molar-refractivity contribution < 1.29 is 14.2 Å². The van der Waals surface area contributed by atoms with Crippen LogP contribution >= 0.6 is 0 Å². The molecule has 3 nitrogen and oxygen atoms in total. The quantitative estimate of drug-likeness (QED) is 0.654. The fourth-order valence-corrected chi connectivity index (χ4v) is 2.04. The highest BCUT2D eigenvalue weighted by molar-refractivity contribution is 4.96. The second kappa shape index (κ2) is 7.69. The lowest BCUT2D eigenvalue weighted by Crippen LogP contribution is -2.17. The highest BCUT2D eigenvalue weighted by Crippen LogP contribution is 2.25. The molecule has 0 radical (unpaired) electrons. The van der Waals surface area contributed by atoms with E-state index in [0.29, 0.717) is 0 Å². The molecule has 1 unspecified atom stereocenters. The lowest BCUT2D eigenvalue weighted by atomic mass is 9.96. The summed E-state index contributed by atoms with van der Waals surface area (Å²) in [6.07, 6.45) is 7.56. The van der Waals surface area contributed by atoms with Gasteiger partial charge in [0.25, 0.3) is 0 Å². The third kappa shape index (κ3) is 4.54. The smallest absolute Gasteiger partial charge is 0.160 e. The van der Waals surface area contributed by atoms with Crippen LogP contribution in [0.5, 0.6) is 0 Å². The zero-order chi connectivity index (χ0) is 11.8. The van der Waals surface area contributed by atoms with Crippen LogP contribution in [0.15, 0.2) is 11.8 Å². The van der Waals surface area contributed by atoms with E-state index >= 15 is 0 Å². The van der Waals surface area contributed by atoms with E-state index in [9.17, 15) is 0 Å². The maximum atomic E-state index is 5.73. The van der Waals surface area contributed by atoms with E-state index in [4.69, 9.17) is 14.2 Å². The molecule has 94 valence electrons. The molecule has 0 aromatic carbocycles. The Balaban J connectivity index is 2.27. The summed E-state index contributed by atoms with van der Waals surface area (Å²) in [5, 5.41) is 0. The molecular formula is C13H24O3. The maximum absolute atomic E-state index is 5.73. The monoisotopic (exact) mass is 228 g/mol. The predicted octanol–water partition coefficient (Wildman–Crippen LogP) is 3.11. The standard InChI is InChI=1S/C13H24O3/c1-4-5-11-6-7-12(16-10-11)8-9-13(14-2)15-3/h8,11,13H,4-7,9-10H2,1-3H3. The van der Waals surface area contributed by atoms with Crippen LogP contribution in [0.4, 0.5) is 0 Å². The van der Waals surface area contributed by atoms with E-state index in [2.05, 4.69) is 13.0 Å². The summed E-state index contributed by atoms with van der Waals surface area (Å²) in [5.41, 5.74) is 0. The average Bonchev–Trinajstić information content (AvgIpc) is 2.33. The van der Waals surface area contributed by atoms with Gasteiger partial charge in [-0.2, -0.15) is 0 Å². The number of rotatable bonds is 6. The Hall–Kier alpha value is -0.540. The van der Waals surface area contributed by atoms with Gasteiger partial charge in [-0.25, -0.2) is 0 Å². The SMILES string of the molecule is CCCC1CCC(=CCC(OC)OC)OC1. The summed E-state index contributed by atoms with van der Waals surface area (Å²) in [6.45, 7) is 3.11. The summed E-state index contributed by atoms with van der Waals surface area (Å²) in [5.74, 6) is 1.86. The fraction of sp³-hybridized carbons (Fsp3) is 0.846. The van der Waals surface area contributed by atoms with Crippen LogP contribution < -0.4 is 0 Å². The lowest BCUT2D eigenvalue weighted by molar-refractivity contribution is -0.0991. The molecule has 3 heteroatoms. The van der Waals surface area contributed by atoms with Gasteiger partial charge in [0.2, 0.25) is 0 Å². The van der Waals surface area contributed by atoms with Crippen LogP contribution in [0, 0.1) is 5.92 Å². The second-order valence-corrected chi connectivity index (χ2v) is 4.31. The zero-order valence-electron chi connectivity index (χ0n) is 10.7. The van der Waals surface area contributed by atoms with Crippen molar-refractivity contribution >= 4 is 0 Å². The van der Waals surface area contributed by atoms with Gasteiger partial charge in [-0.3, -0.25) is 0 Å². The molecule has 0 saturated carbocycles. The molecule has 0 aromatic rings. The molecule has 0 N–H and O–H groups in total. The Kier molecular flexibility index (Phi) is 6.50. The predicted molar refractivity (Wildman–Crippen MR) is 64.1 cm³/mol. The molecule has 0 aromatic heterocycles. The zero-order valence-corrected chi connectivity index (χ0v) is 10.7. The van der Waals surface area contributed by atoms with Gasteiger partial charge in [0.15, 0.2) is 6.29 Å². The highest BCUT2D eigenvalue weighted by Gasteiger charge is 2.16. The van der Waals surface area contributed by atoms with Gasteiger partial charge in [0.05, 0.1) is 12.4 Å². The molecule has 0 aliphatic carbocycles. The van der Waals surface area contributed by atoms with Crippen LogP contribution in [-0.4, -0.2) is 27.1 Å². The summed E-state index contributed by atoms with van der Waals surface area (Å²) >= 11 is 0. The van der Waals surface area contributed by atoms with E-state index in [1.807, 2.05) is 0 Å². The van der Waals surface area contributed by atoms with Crippen molar-refractivity contribution in [2.75, 3.05) is 20.8 Å². The van der Waals surface area contributed by atoms with Crippen molar-refractivity contribution in [2.24, 2.45) is 5.92 Å². The third-order valence-corrected chi connectivity index (χ3v) is 3.06. The first-order chi connectivity index (χ1) is 7.80. The van der Waals surface area contributed by atoms with Gasteiger partial charge in [-0.1, -0.05) is 13.3 Å². The molecule has 1 aliphatic heterocycles. The van der Waals surface area contributed by atoms with Gasteiger partial charge >= 0.3 is 0 Å². The first kappa shape index (κ1) is 13.5. The van der Waals surface area contributed by atoms with E-state index < -0.39 is 0 Å². The topological polar surface area (TPSA) is 27.7 Å². The number of ether oxygens (including phenoxy) is 3. The van der Waals surface area contributed by atoms with E-state index in [0.717, 1.165) is 31.1 Å². The van der Waals surface area contributed by atoms with Crippen LogP contribution in [0.25, 0.3) is 0 Å². The van der Waals surface area contributed by atoms with Crippen molar-refractivity contribution in [1.82, 2.24) is 0 Å². The minimum atomic E-state index is -0.149. The van der Waals surface area contributed by atoms with E-state index in [1.165, 1.54) is 19.3 Å². The van der Waals surface area contributed by atoms with Crippen molar-refractivity contribution in [3.8, 4) is 0 Å². The Morgan fingerprint density at radius 2 is 2.19 bits per heavy atom. The molecular weight excluding hydrogens is 204 g/mol. The Bertz CT molecular complexity index is 199. The first-order valence-electron chi connectivity index (χ1n) is 6.17. The van der Waals surface area contributed by atoms with E-state index in [1.54, 1.807) is 14.2 Å². The molecule has 1 rings (SSSR count). The number of methoxy groups -OCH3 is 2. The molecule has 1 fully saturated rings. The van der Waals surface area contributed by atoms with Crippen molar-refractivity contribution in [2.45, 2.75) is 45.3 Å². The van der Waals surface area contributed by atoms with Gasteiger partial charge in [-0.15, -0.1) is 0 Å². The molecule has 0 amide bonds. The Morgan fingerprint density at radius 3 is 2.69 bits per heavy atom. The maximum Gasteiger partial charge on any atom is 0.160 e. The van der Waals surface area contributed by atoms with Gasteiger partial charge in [0.1, 0.15) is 0 Å². The van der Waals surface area contributed by atoms with Crippen LogP contribution in [-0.2, 0) is 14.2 Å². The second-order valence-electron chi connectivity index (χ2n) is 4.31. The number of hydrogen-bond donors (Lipinski definition) is 0. The normalized spacial score (nSPS) is 23.8. The molecule has 1 atom stereocenters. The van der Waals surface area contributed by atoms with Gasteiger partial charge < -0.3 is 14.2 Å². The summed E-state index contributed by atoms with van der Waals surface area (Å²) in [4.78, 5) is 0. The van der Waals surface area contributed by atoms with E-state index in [-0.39, 0.29) is 6.29 Å². The number of allylic oxidation sites excluding steroid dienone is 1. The molecule has 0 bridgehead atoms. The minimum Gasteiger partial charge on any atom is -0.498 e. The van der Waals surface area contributed by atoms with Crippen LogP contribution in [0.2, 0.25) is 0 Å². The average molecular weight is 228 g/mol. The lowest BCUT2D eigenvalue weighted by Gasteiger charge is -2.25. The van der Waals surface area contributed by atoms with Crippen LogP contribution in [0.3, 0.4) is 0 Å². The third-order valence-electron chi connectivity index (χ3n) is 3.06. The molecule has 1 heterocycles. The minimum absolute atomic E-state index is 0.149. The molecule has 16 heavy (non-hydrogen) atoms. The Labute approximate surface area is 98.8 Å². The first-order valence-corrected chi connectivity index (χ1v) is 6.17. The largest absolute Gasteiger partial charge is 0.498 e. The summed E-state index contributed by atoms with van der Waals surface area (Å²) in [7, 11) is 3.32. The summed E-state index contributed by atoms with van der Waals surface area (Å²) in [6, 6.07) is 0. The van der Waals surface area contributed by atoms with Crippen molar-refractivity contribution in [3.05, 3.63) is 11.8 Å². The van der Waals surface area contributed by atoms with Crippen LogP contribution in [0.1, 0.15) is 39.0 Å². The van der Waals surface area contributed by atoms with Gasteiger partial charge in [-0.05, 0) is 24.8 Å². The highest BCUT2D eigenvalue weighted by atomic mass is 16.7. The molecule has 1 aliphatic rings. The molecule has 1 saturated heterocycles. The fourth-order valence-electron chi connectivity index (χ4n) is 2.04. The Morgan fingerprint density at radius 1 is 1.44 bits per heavy atom. The number of hydrogen-bond acceptors (Lipinski definition) is 3. The van der Waals surface area contributed by atoms with Gasteiger partial charge in [0, 0.05) is 27.1 Å². The van der Waals surface area contributed by atoms with Crippen molar-refractivity contribution in [1.29, 1.82) is 0 Å². The van der Waals surface area contributed by atoms with Crippen molar-refractivity contribution in [3.63, 3.8) is 0 Å². The molecule has 0 spiro atoms.